The topological polar surface area (TPSA) is 143 Å². The van der Waals surface area contributed by atoms with E-state index in [9.17, 15) is 14.4 Å². The summed E-state index contributed by atoms with van der Waals surface area (Å²) < 4.78 is 1.45. The van der Waals surface area contributed by atoms with E-state index in [4.69, 9.17) is 11.5 Å². The number of nitrogens with one attached hydrogen (secondary N) is 1. The summed E-state index contributed by atoms with van der Waals surface area (Å²) in [7, 11) is 0. The first kappa shape index (κ1) is 30.6. The number of urea groups is 1. The molecule has 12 heteroatoms. The van der Waals surface area contributed by atoms with Gasteiger partial charge in [0.05, 0.1) is 11.2 Å². The van der Waals surface area contributed by atoms with Gasteiger partial charge in [-0.3, -0.25) is 19.6 Å². The van der Waals surface area contributed by atoms with E-state index < -0.39 is 11.2 Å². The zero-order valence-corrected chi connectivity index (χ0v) is 23.8. The summed E-state index contributed by atoms with van der Waals surface area (Å²) in [5.74, 6) is 0.673. The number of piperidine rings is 1. The minimum atomic E-state index is -0.958. The van der Waals surface area contributed by atoms with Crippen molar-refractivity contribution in [1.82, 2.24) is 24.3 Å². The summed E-state index contributed by atoms with van der Waals surface area (Å²) in [5.41, 5.74) is 12.2. The predicted octanol–water partition coefficient (Wildman–Crippen LogP) is 1.63. The van der Waals surface area contributed by atoms with E-state index in [-0.39, 0.29) is 36.2 Å². The van der Waals surface area contributed by atoms with E-state index in [2.05, 4.69) is 15.2 Å². The Morgan fingerprint density at radius 1 is 1.08 bits per heavy atom. The lowest BCUT2D eigenvalue weighted by Gasteiger charge is -2.41. The van der Waals surface area contributed by atoms with Gasteiger partial charge in [0, 0.05) is 38.4 Å². The normalized spacial score (nSPS) is 18.9. The number of aromatic nitrogens is 2. The van der Waals surface area contributed by atoms with Crippen LogP contribution in [0.5, 0.6) is 0 Å². The predicted molar refractivity (Wildman–Crippen MR) is 154 cm³/mol. The summed E-state index contributed by atoms with van der Waals surface area (Å²) >= 11 is 0. The van der Waals surface area contributed by atoms with Crippen molar-refractivity contribution < 1.29 is 9.59 Å². The zero-order chi connectivity index (χ0) is 27.4. The molecule has 4 rings (SSSR count). The highest BCUT2D eigenvalue weighted by Gasteiger charge is 2.34. The molecule has 2 aliphatic heterocycles. The van der Waals surface area contributed by atoms with Crippen LogP contribution in [-0.2, 0) is 11.3 Å². The molecule has 0 bridgehead atoms. The van der Waals surface area contributed by atoms with Crippen molar-refractivity contribution in [3.63, 3.8) is 0 Å². The van der Waals surface area contributed by atoms with Gasteiger partial charge in [-0.25, -0.2) is 9.59 Å². The summed E-state index contributed by atoms with van der Waals surface area (Å²) in [4.78, 5) is 47.9. The van der Waals surface area contributed by atoms with Gasteiger partial charge < -0.3 is 21.3 Å². The fourth-order valence-electron chi connectivity index (χ4n) is 5.10. The molecule has 0 spiro atoms. The number of halogens is 1. The first-order valence-corrected chi connectivity index (χ1v) is 13.3. The molecule has 5 N–H and O–H groups in total. The molecule has 0 radical (unpaired) electrons. The van der Waals surface area contributed by atoms with Gasteiger partial charge in [0.25, 0.3) is 0 Å². The van der Waals surface area contributed by atoms with E-state index in [1.54, 1.807) is 35.9 Å². The Labute approximate surface area is 235 Å². The average Bonchev–Trinajstić information content (AvgIpc) is 2.88. The highest BCUT2D eigenvalue weighted by atomic mass is 35.5. The number of piperazine rings is 1. The zero-order valence-electron chi connectivity index (χ0n) is 23.0. The third-order valence-corrected chi connectivity index (χ3v) is 7.43. The molecule has 0 saturated carbocycles. The molecule has 3 amide bonds. The van der Waals surface area contributed by atoms with Gasteiger partial charge >= 0.3 is 11.7 Å². The minimum Gasteiger partial charge on any atom is -0.337 e. The number of likely N-dealkylation sites (tertiary alicyclic amines) is 1. The van der Waals surface area contributed by atoms with Crippen LogP contribution in [0.25, 0.3) is 5.69 Å². The van der Waals surface area contributed by atoms with Gasteiger partial charge in [-0.2, -0.15) is 4.98 Å². The summed E-state index contributed by atoms with van der Waals surface area (Å²) in [6.07, 6.45) is 3.89. The van der Waals surface area contributed by atoms with Gasteiger partial charge in [-0.15, -0.1) is 12.4 Å². The van der Waals surface area contributed by atoms with Crippen molar-refractivity contribution in [2.24, 2.45) is 17.4 Å². The first-order valence-electron chi connectivity index (χ1n) is 13.3. The van der Waals surface area contributed by atoms with Crippen LogP contribution in [0.2, 0.25) is 0 Å². The molecule has 2 saturated heterocycles. The second kappa shape index (κ2) is 12.9. The number of amides is 3. The van der Waals surface area contributed by atoms with Crippen LogP contribution in [0.4, 0.5) is 10.6 Å². The van der Waals surface area contributed by atoms with Crippen LogP contribution in [0.1, 0.15) is 39.2 Å². The summed E-state index contributed by atoms with van der Waals surface area (Å²) in [5, 5.41) is 2.72. The van der Waals surface area contributed by atoms with E-state index in [0.717, 1.165) is 39.0 Å². The fourth-order valence-corrected chi connectivity index (χ4v) is 5.10. The molecule has 2 aromatic rings. The van der Waals surface area contributed by atoms with Gasteiger partial charge in [0.15, 0.2) is 0 Å². The molecule has 1 aromatic carbocycles. The van der Waals surface area contributed by atoms with Crippen LogP contribution >= 0.6 is 12.4 Å². The van der Waals surface area contributed by atoms with Crippen molar-refractivity contribution in [2.45, 2.75) is 51.7 Å². The number of anilines is 1. The average molecular weight is 561 g/mol. The van der Waals surface area contributed by atoms with Crippen LogP contribution in [0.3, 0.4) is 0 Å². The maximum atomic E-state index is 12.9. The quantitative estimate of drug-likeness (QED) is 0.487. The van der Waals surface area contributed by atoms with E-state index in [1.165, 1.54) is 10.1 Å². The van der Waals surface area contributed by atoms with Crippen molar-refractivity contribution in [3.8, 4) is 5.69 Å². The molecule has 214 valence electrons. The van der Waals surface area contributed by atoms with Crippen molar-refractivity contribution in [2.75, 3.05) is 44.6 Å². The van der Waals surface area contributed by atoms with Gasteiger partial charge in [0.2, 0.25) is 5.91 Å². The largest absolute Gasteiger partial charge is 0.354 e. The van der Waals surface area contributed by atoms with Crippen LogP contribution in [-0.4, -0.2) is 87.0 Å². The second-order valence-corrected chi connectivity index (χ2v) is 11.0. The molecular formula is C27H41ClN8O3. The molecule has 0 unspecified atom stereocenters. The molecule has 0 aliphatic carbocycles. The monoisotopic (exact) mass is 560 g/mol. The Morgan fingerprint density at radius 3 is 2.31 bits per heavy atom. The number of carbonyl (C=O) groups is 2. The Hall–Kier alpha value is -2.99. The van der Waals surface area contributed by atoms with Crippen molar-refractivity contribution >= 4 is 30.2 Å². The molecule has 1 aromatic heterocycles. The van der Waals surface area contributed by atoms with E-state index in [1.807, 2.05) is 31.2 Å². The number of carbonyl (C=O) groups excluding carboxylic acids is 2. The fraction of sp³-hybridized carbons (Fsp3) is 0.556. The minimum absolute atomic E-state index is 0. The molecule has 2 fully saturated rings. The van der Waals surface area contributed by atoms with Gasteiger partial charge in [-0.05, 0) is 82.9 Å². The Kier molecular flexibility index (Phi) is 10.1. The number of nitrogens with zero attached hydrogens (tertiary/aromatic N) is 5. The van der Waals surface area contributed by atoms with E-state index >= 15 is 0 Å². The molecule has 3 heterocycles. The summed E-state index contributed by atoms with van der Waals surface area (Å²) in [6, 6.07) is 8.93. The molecule has 39 heavy (non-hydrogen) atoms. The number of hydrogen-bond acceptors (Lipinski definition) is 7. The highest BCUT2D eigenvalue weighted by Crippen LogP contribution is 2.19. The Morgan fingerprint density at radius 2 is 1.74 bits per heavy atom. The van der Waals surface area contributed by atoms with Crippen LogP contribution in [0, 0.1) is 5.92 Å². The van der Waals surface area contributed by atoms with E-state index in [0.29, 0.717) is 31.2 Å². The molecule has 11 nitrogen and oxygen atoms in total. The Balaban J connectivity index is 0.00000420. The molecule has 2 aliphatic rings. The van der Waals surface area contributed by atoms with Crippen LogP contribution in [0.15, 0.2) is 41.3 Å². The van der Waals surface area contributed by atoms with Gasteiger partial charge in [-0.1, -0.05) is 12.1 Å². The first-order chi connectivity index (χ1) is 18.0. The number of hydrogen-bond donors (Lipinski definition) is 3. The lowest BCUT2D eigenvalue weighted by molar-refractivity contribution is -0.138. The standard InChI is InChI=1S/C27H40N8O3.ClH/c1-19-17-33(24(36)27(2,3)29)14-15-34(19)25(37)30-23-10-13-35(26(38)31-23)22-6-4-21(5-7-22)18-32-11-8-20(16-28)9-12-32;/h4-7,10,13,19-20H,8-9,11-12,14-18,28-29H2,1-3H3,(H,30,31,37,38);1H/t19-;/m1./s1. The van der Waals surface area contributed by atoms with Crippen molar-refractivity contribution in [3.05, 3.63) is 52.6 Å². The van der Waals surface area contributed by atoms with Crippen molar-refractivity contribution in [1.29, 1.82) is 0 Å². The summed E-state index contributed by atoms with van der Waals surface area (Å²) in [6.45, 7) is 10.1. The second-order valence-electron chi connectivity index (χ2n) is 11.0. The Bertz CT molecular complexity index is 1190. The molecule has 1 atom stereocenters. The maximum absolute atomic E-state index is 12.9. The van der Waals surface area contributed by atoms with Gasteiger partial charge in [0.1, 0.15) is 5.82 Å². The maximum Gasteiger partial charge on any atom is 0.354 e. The number of benzene rings is 1. The lowest BCUT2D eigenvalue weighted by atomic mass is 9.97. The third-order valence-electron chi connectivity index (χ3n) is 7.43. The third kappa shape index (κ3) is 7.57. The molecular weight excluding hydrogens is 520 g/mol. The number of nitrogens with two attached hydrogens (primary N) is 2. The number of rotatable bonds is 6. The smallest absolute Gasteiger partial charge is 0.337 e. The highest BCUT2D eigenvalue weighted by molar-refractivity contribution is 5.89. The lowest BCUT2D eigenvalue weighted by Crippen LogP contribution is -2.61. The SMILES string of the molecule is C[C@@H]1CN(C(=O)C(C)(C)N)CCN1C(=O)Nc1ccn(-c2ccc(CN3CCC(CN)CC3)cc2)c(=O)n1.Cl. The van der Waals surface area contributed by atoms with Crippen LogP contribution < -0.4 is 22.5 Å².